The molecule has 0 amide bonds. The summed E-state index contributed by atoms with van der Waals surface area (Å²) in [6.45, 7) is 0. The summed E-state index contributed by atoms with van der Waals surface area (Å²) in [6.07, 6.45) is 1.81. The highest BCUT2D eigenvalue weighted by Crippen LogP contribution is 2.31. The van der Waals surface area contributed by atoms with Crippen LogP contribution in [0, 0.1) is 5.41 Å². The van der Waals surface area contributed by atoms with Crippen molar-refractivity contribution in [3.05, 3.63) is 168 Å². The zero-order chi connectivity index (χ0) is 29.0. The van der Waals surface area contributed by atoms with Crippen LogP contribution in [-0.4, -0.2) is 17.9 Å². The molecule has 7 rings (SSSR count). The van der Waals surface area contributed by atoms with E-state index in [-0.39, 0.29) is 5.84 Å². The number of hydrogen-bond donors (Lipinski definition) is 1. The lowest BCUT2D eigenvalue weighted by Crippen LogP contribution is -2.05. The van der Waals surface area contributed by atoms with Gasteiger partial charge >= 0.3 is 0 Å². The molecular formula is C39H27N3O. The van der Waals surface area contributed by atoms with Gasteiger partial charge in [0.1, 0.15) is 11.2 Å². The molecule has 4 heteroatoms. The Morgan fingerprint density at radius 1 is 0.535 bits per heavy atom. The van der Waals surface area contributed by atoms with Crippen LogP contribution in [0.1, 0.15) is 16.7 Å². The van der Waals surface area contributed by atoms with Gasteiger partial charge in [-0.1, -0.05) is 140 Å². The van der Waals surface area contributed by atoms with E-state index in [1.54, 1.807) is 6.21 Å². The molecule has 1 heterocycles. The SMILES string of the molecule is N=C(N=C(N=Cc1ccc(-c2ccccc2)cc1)c1ccc(-c2ccccc2)cc1)c1cccc2oc3ccccc3c12. The molecule has 43 heavy (non-hydrogen) atoms. The number of nitrogens with one attached hydrogen (secondary N) is 1. The molecule has 1 N–H and O–H groups in total. The summed E-state index contributed by atoms with van der Waals surface area (Å²) in [5.41, 5.74) is 8.54. The highest BCUT2D eigenvalue weighted by Gasteiger charge is 2.15. The molecule has 0 bridgehead atoms. The van der Waals surface area contributed by atoms with Crippen LogP contribution >= 0.6 is 0 Å². The third-order valence-electron chi connectivity index (χ3n) is 7.48. The summed E-state index contributed by atoms with van der Waals surface area (Å²) in [5.74, 6) is 0.581. The molecule has 0 spiro atoms. The van der Waals surface area contributed by atoms with Gasteiger partial charge in [-0.3, -0.25) is 5.41 Å². The third-order valence-corrected chi connectivity index (χ3v) is 7.48. The maximum absolute atomic E-state index is 9.09. The van der Waals surface area contributed by atoms with E-state index in [2.05, 4.69) is 48.5 Å². The summed E-state index contributed by atoms with van der Waals surface area (Å²) in [5, 5.41) is 10.9. The van der Waals surface area contributed by atoms with Crippen molar-refractivity contribution in [2.24, 2.45) is 9.98 Å². The van der Waals surface area contributed by atoms with E-state index in [1.807, 2.05) is 103 Å². The number of rotatable bonds is 5. The Bertz CT molecular complexity index is 2110. The van der Waals surface area contributed by atoms with Gasteiger partial charge < -0.3 is 4.42 Å². The Morgan fingerprint density at radius 2 is 1.09 bits per heavy atom. The van der Waals surface area contributed by atoms with Crippen molar-refractivity contribution in [1.82, 2.24) is 0 Å². The molecule has 0 radical (unpaired) electrons. The van der Waals surface area contributed by atoms with Crippen LogP contribution in [0.3, 0.4) is 0 Å². The molecule has 0 aliphatic rings. The van der Waals surface area contributed by atoms with Crippen molar-refractivity contribution >= 4 is 39.8 Å². The molecule has 4 nitrogen and oxygen atoms in total. The van der Waals surface area contributed by atoms with Crippen LogP contribution in [0.15, 0.2) is 166 Å². The minimum atomic E-state index is 0.121. The number of hydrogen-bond acceptors (Lipinski definition) is 2. The second-order valence-corrected chi connectivity index (χ2v) is 10.3. The predicted molar refractivity (Wildman–Crippen MR) is 178 cm³/mol. The molecule has 0 saturated carbocycles. The van der Waals surface area contributed by atoms with Gasteiger partial charge in [0.05, 0.1) is 0 Å². The first-order valence-corrected chi connectivity index (χ1v) is 14.2. The predicted octanol–water partition coefficient (Wildman–Crippen LogP) is 9.81. The lowest BCUT2D eigenvalue weighted by molar-refractivity contribution is 0.669. The van der Waals surface area contributed by atoms with Crippen molar-refractivity contribution in [3.8, 4) is 22.3 Å². The fourth-order valence-corrected chi connectivity index (χ4v) is 5.28. The van der Waals surface area contributed by atoms with Crippen molar-refractivity contribution in [3.63, 3.8) is 0 Å². The van der Waals surface area contributed by atoms with Crippen LogP contribution in [0.25, 0.3) is 44.2 Å². The highest BCUT2D eigenvalue weighted by molar-refractivity contribution is 6.21. The Balaban J connectivity index is 1.27. The number of aliphatic imine (C=N–C) groups is 2. The van der Waals surface area contributed by atoms with Crippen molar-refractivity contribution in [1.29, 1.82) is 5.41 Å². The van der Waals surface area contributed by atoms with Gasteiger partial charge in [-0.2, -0.15) is 0 Å². The van der Waals surface area contributed by atoms with E-state index < -0.39 is 0 Å². The summed E-state index contributed by atoms with van der Waals surface area (Å²) in [7, 11) is 0. The normalized spacial score (nSPS) is 11.9. The topological polar surface area (TPSA) is 61.7 Å². The second kappa shape index (κ2) is 11.6. The largest absolute Gasteiger partial charge is 0.456 e. The number of nitrogens with zero attached hydrogens (tertiary/aromatic N) is 2. The van der Waals surface area contributed by atoms with Crippen molar-refractivity contribution in [2.75, 3.05) is 0 Å². The van der Waals surface area contributed by atoms with E-state index in [0.717, 1.165) is 49.8 Å². The van der Waals surface area contributed by atoms with E-state index in [1.165, 1.54) is 5.56 Å². The molecule has 0 aliphatic heterocycles. The van der Waals surface area contributed by atoms with Gasteiger partial charge in [-0.05, 0) is 39.9 Å². The zero-order valence-corrected chi connectivity index (χ0v) is 23.3. The molecule has 1 aromatic heterocycles. The van der Waals surface area contributed by atoms with Crippen LogP contribution < -0.4 is 0 Å². The standard InChI is InChI=1S/C39H27N3O/c40-38(34-15-9-17-36-37(34)33-14-7-8-16-35(33)43-36)42-39(32-24-22-31(23-25-32)29-12-5-2-6-13-29)41-26-27-18-20-30(21-19-27)28-10-3-1-4-11-28/h1-26,40H. The maximum Gasteiger partial charge on any atom is 0.161 e. The highest BCUT2D eigenvalue weighted by atomic mass is 16.3. The monoisotopic (exact) mass is 553 g/mol. The number of furan rings is 1. The second-order valence-electron chi connectivity index (χ2n) is 10.3. The molecule has 204 valence electrons. The first-order chi connectivity index (χ1) is 21.2. The molecule has 0 aliphatic carbocycles. The molecule has 7 aromatic rings. The maximum atomic E-state index is 9.09. The van der Waals surface area contributed by atoms with E-state index in [0.29, 0.717) is 11.4 Å². The van der Waals surface area contributed by atoms with Gasteiger partial charge in [0.2, 0.25) is 0 Å². The number of benzene rings is 6. The van der Waals surface area contributed by atoms with Gasteiger partial charge in [-0.25, -0.2) is 9.98 Å². The van der Waals surface area contributed by atoms with E-state index >= 15 is 0 Å². The van der Waals surface area contributed by atoms with Gasteiger partial charge in [-0.15, -0.1) is 0 Å². The first-order valence-electron chi connectivity index (χ1n) is 14.2. The Labute approximate surface area is 249 Å². The quantitative estimate of drug-likeness (QED) is 0.167. The average Bonchev–Trinajstić information content (AvgIpc) is 3.47. The van der Waals surface area contributed by atoms with E-state index in [9.17, 15) is 0 Å². The summed E-state index contributed by atoms with van der Waals surface area (Å²) >= 11 is 0. The summed E-state index contributed by atoms with van der Waals surface area (Å²) in [4.78, 5) is 9.62. The Morgan fingerprint density at radius 3 is 1.77 bits per heavy atom. The minimum absolute atomic E-state index is 0.121. The molecule has 0 unspecified atom stereocenters. The molecule has 6 aromatic carbocycles. The van der Waals surface area contributed by atoms with Crippen LogP contribution in [0.2, 0.25) is 0 Å². The molecular weight excluding hydrogens is 526 g/mol. The number of amidine groups is 2. The lowest BCUT2D eigenvalue weighted by Gasteiger charge is -2.07. The Hall–Kier alpha value is -5.87. The third kappa shape index (κ3) is 5.42. The fraction of sp³-hybridized carbons (Fsp3) is 0. The molecule has 0 saturated heterocycles. The van der Waals surface area contributed by atoms with Gasteiger partial charge in [0, 0.05) is 28.1 Å². The van der Waals surface area contributed by atoms with Crippen molar-refractivity contribution < 1.29 is 4.42 Å². The lowest BCUT2D eigenvalue weighted by atomic mass is 10.0. The smallest absolute Gasteiger partial charge is 0.161 e. The van der Waals surface area contributed by atoms with Crippen molar-refractivity contribution in [2.45, 2.75) is 0 Å². The zero-order valence-electron chi connectivity index (χ0n) is 23.3. The average molecular weight is 554 g/mol. The summed E-state index contributed by atoms with van der Waals surface area (Å²) in [6, 6.07) is 50.6. The minimum Gasteiger partial charge on any atom is -0.456 e. The van der Waals surface area contributed by atoms with E-state index in [4.69, 9.17) is 19.8 Å². The summed E-state index contributed by atoms with van der Waals surface area (Å²) < 4.78 is 6.06. The fourth-order valence-electron chi connectivity index (χ4n) is 5.28. The van der Waals surface area contributed by atoms with Crippen LogP contribution in [0.4, 0.5) is 0 Å². The number of para-hydroxylation sites is 1. The van der Waals surface area contributed by atoms with Gasteiger partial charge in [0.25, 0.3) is 0 Å². The van der Waals surface area contributed by atoms with Crippen LogP contribution in [-0.2, 0) is 0 Å². The Kier molecular flexibility index (Phi) is 7.00. The van der Waals surface area contributed by atoms with Gasteiger partial charge in [0.15, 0.2) is 11.7 Å². The molecule has 0 fully saturated rings. The number of fused-ring (bicyclic) bond motifs is 3. The molecule has 0 atom stereocenters. The van der Waals surface area contributed by atoms with Crippen LogP contribution in [0.5, 0.6) is 0 Å². The first kappa shape index (κ1) is 26.1.